The van der Waals surface area contributed by atoms with Gasteiger partial charge in [0.15, 0.2) is 0 Å². The Hall–Kier alpha value is -1.62. The predicted molar refractivity (Wildman–Crippen MR) is 94.0 cm³/mol. The van der Waals surface area contributed by atoms with E-state index in [0.717, 1.165) is 44.2 Å². The molecule has 1 atom stereocenters. The van der Waals surface area contributed by atoms with Crippen molar-refractivity contribution in [2.45, 2.75) is 71.6 Å². The summed E-state index contributed by atoms with van der Waals surface area (Å²) < 4.78 is 5.89. The molecular formula is C19H30N2O3. The highest BCUT2D eigenvalue weighted by atomic mass is 16.5. The highest BCUT2D eigenvalue weighted by Gasteiger charge is 2.25. The van der Waals surface area contributed by atoms with Gasteiger partial charge in [-0.25, -0.2) is 4.98 Å². The molecule has 0 bridgehead atoms. The number of hydrogen-bond acceptors (Lipinski definition) is 4. The van der Waals surface area contributed by atoms with E-state index < -0.39 is 5.97 Å². The van der Waals surface area contributed by atoms with E-state index in [0.29, 0.717) is 17.8 Å². The average molecular weight is 334 g/mol. The fraction of sp³-hybridized carbons (Fsp3) is 0.684. The van der Waals surface area contributed by atoms with Crippen LogP contribution in [-0.2, 0) is 11.3 Å². The summed E-state index contributed by atoms with van der Waals surface area (Å²) in [5.74, 6) is 0.467. The van der Waals surface area contributed by atoms with E-state index in [1.807, 2.05) is 12.1 Å². The zero-order valence-electron chi connectivity index (χ0n) is 15.0. The number of rotatable bonds is 8. The number of nitrogens with one attached hydrogen (secondary N) is 1. The van der Waals surface area contributed by atoms with E-state index in [2.05, 4.69) is 31.1 Å². The van der Waals surface area contributed by atoms with Gasteiger partial charge in [0.05, 0.1) is 12.0 Å². The van der Waals surface area contributed by atoms with Crippen LogP contribution in [0.1, 0.15) is 58.4 Å². The number of aromatic nitrogens is 1. The average Bonchev–Trinajstić information content (AvgIpc) is 2.53. The molecule has 1 unspecified atom stereocenters. The van der Waals surface area contributed by atoms with Gasteiger partial charge in [-0.2, -0.15) is 0 Å². The van der Waals surface area contributed by atoms with Gasteiger partial charge in [-0.3, -0.25) is 4.79 Å². The van der Waals surface area contributed by atoms with Gasteiger partial charge >= 0.3 is 5.97 Å². The maximum absolute atomic E-state index is 11.0. The van der Waals surface area contributed by atoms with E-state index >= 15 is 0 Å². The molecule has 1 aliphatic carbocycles. The number of aliphatic carboxylic acids is 1. The molecule has 0 saturated heterocycles. The summed E-state index contributed by atoms with van der Waals surface area (Å²) in [5, 5.41) is 12.6. The van der Waals surface area contributed by atoms with Crippen LogP contribution in [0.3, 0.4) is 0 Å². The third-order valence-corrected chi connectivity index (χ3v) is 4.60. The maximum atomic E-state index is 11.0. The largest absolute Gasteiger partial charge is 0.481 e. The van der Waals surface area contributed by atoms with Crippen molar-refractivity contribution in [1.29, 1.82) is 0 Å². The number of hydrogen-bond donors (Lipinski definition) is 2. The predicted octanol–water partition coefficient (Wildman–Crippen LogP) is 3.63. The Morgan fingerprint density at radius 1 is 1.33 bits per heavy atom. The van der Waals surface area contributed by atoms with Crippen molar-refractivity contribution in [1.82, 2.24) is 10.3 Å². The number of pyridine rings is 1. The van der Waals surface area contributed by atoms with Crippen LogP contribution in [0.2, 0.25) is 0 Å². The van der Waals surface area contributed by atoms with Gasteiger partial charge in [0.25, 0.3) is 0 Å². The Kier molecular flexibility index (Phi) is 7.03. The van der Waals surface area contributed by atoms with Crippen molar-refractivity contribution in [2.24, 2.45) is 11.8 Å². The molecule has 1 heterocycles. The smallest absolute Gasteiger partial charge is 0.306 e. The quantitative estimate of drug-likeness (QED) is 0.759. The lowest BCUT2D eigenvalue weighted by molar-refractivity contribution is -0.142. The van der Waals surface area contributed by atoms with Crippen LogP contribution >= 0.6 is 0 Å². The first-order valence-corrected chi connectivity index (χ1v) is 9.01. The molecule has 0 spiro atoms. The Bertz CT molecular complexity index is 525. The second kappa shape index (κ2) is 9.02. The van der Waals surface area contributed by atoms with Crippen LogP contribution in [0.4, 0.5) is 0 Å². The Morgan fingerprint density at radius 2 is 2.04 bits per heavy atom. The number of ether oxygens (including phenoxy) is 1. The molecule has 5 nitrogen and oxygen atoms in total. The molecule has 0 aliphatic heterocycles. The van der Waals surface area contributed by atoms with Gasteiger partial charge in [-0.05, 0) is 56.6 Å². The van der Waals surface area contributed by atoms with Crippen LogP contribution in [0, 0.1) is 11.8 Å². The fourth-order valence-electron chi connectivity index (χ4n) is 3.35. The molecule has 1 aliphatic rings. The van der Waals surface area contributed by atoms with Crippen molar-refractivity contribution in [3.8, 4) is 5.88 Å². The monoisotopic (exact) mass is 334 g/mol. The molecule has 0 aromatic carbocycles. The Labute approximate surface area is 144 Å². The molecule has 0 radical (unpaired) electrons. The van der Waals surface area contributed by atoms with E-state index in [-0.39, 0.29) is 12.0 Å². The van der Waals surface area contributed by atoms with Crippen LogP contribution < -0.4 is 10.1 Å². The number of carboxylic acids is 1. The third-order valence-electron chi connectivity index (χ3n) is 4.60. The molecular weight excluding hydrogens is 304 g/mol. The van der Waals surface area contributed by atoms with Crippen LogP contribution in [0.15, 0.2) is 18.3 Å². The van der Waals surface area contributed by atoms with Gasteiger partial charge in [0.1, 0.15) is 0 Å². The first kappa shape index (κ1) is 18.7. The lowest BCUT2D eigenvalue weighted by Gasteiger charge is -2.27. The second-order valence-corrected chi connectivity index (χ2v) is 7.33. The van der Waals surface area contributed by atoms with Crippen molar-refractivity contribution in [3.63, 3.8) is 0 Å². The van der Waals surface area contributed by atoms with Crippen LogP contribution in [0.25, 0.3) is 0 Å². The van der Waals surface area contributed by atoms with Gasteiger partial charge in [0.2, 0.25) is 5.88 Å². The highest BCUT2D eigenvalue weighted by Crippen LogP contribution is 2.24. The first-order valence-electron chi connectivity index (χ1n) is 9.01. The molecule has 1 fully saturated rings. The molecule has 0 amide bonds. The number of carboxylic acid groups (broad SMARTS) is 1. The summed E-state index contributed by atoms with van der Waals surface area (Å²) in [6.07, 6.45) is 6.35. The standard InChI is InChI=1S/C19H30N2O3/c1-13(2)10-14(3)24-18-11-15(8-9-20-18)12-21-17-6-4-16(5-7-17)19(22)23/h8-9,11,13-14,16-17,21H,4-7,10,12H2,1-3H3,(H,22,23). The Balaban J connectivity index is 1.79. The van der Waals surface area contributed by atoms with E-state index in [1.54, 1.807) is 6.20 Å². The lowest BCUT2D eigenvalue weighted by Crippen LogP contribution is -2.34. The summed E-state index contributed by atoms with van der Waals surface area (Å²) in [5.41, 5.74) is 1.15. The minimum atomic E-state index is -0.653. The molecule has 1 saturated carbocycles. The van der Waals surface area contributed by atoms with Gasteiger partial charge in [-0.1, -0.05) is 13.8 Å². The fourth-order valence-corrected chi connectivity index (χ4v) is 3.35. The zero-order valence-corrected chi connectivity index (χ0v) is 15.0. The minimum Gasteiger partial charge on any atom is -0.481 e. The molecule has 2 N–H and O–H groups in total. The summed E-state index contributed by atoms with van der Waals surface area (Å²) in [7, 11) is 0. The summed E-state index contributed by atoms with van der Waals surface area (Å²) in [6.45, 7) is 7.22. The molecule has 1 aromatic heterocycles. The van der Waals surface area contributed by atoms with E-state index in [4.69, 9.17) is 9.84 Å². The molecule has 2 rings (SSSR count). The zero-order chi connectivity index (χ0) is 17.5. The SMILES string of the molecule is CC(C)CC(C)Oc1cc(CNC2CCC(C(=O)O)CC2)ccn1. The van der Waals surface area contributed by atoms with Crippen molar-refractivity contribution in [3.05, 3.63) is 23.9 Å². The van der Waals surface area contributed by atoms with Crippen molar-refractivity contribution in [2.75, 3.05) is 0 Å². The van der Waals surface area contributed by atoms with Gasteiger partial charge in [-0.15, -0.1) is 0 Å². The number of carbonyl (C=O) groups is 1. The van der Waals surface area contributed by atoms with Crippen LogP contribution in [0.5, 0.6) is 5.88 Å². The van der Waals surface area contributed by atoms with E-state index in [9.17, 15) is 4.79 Å². The maximum Gasteiger partial charge on any atom is 0.306 e. The molecule has 134 valence electrons. The topological polar surface area (TPSA) is 71.5 Å². The lowest BCUT2D eigenvalue weighted by atomic mass is 9.86. The first-order chi connectivity index (χ1) is 11.4. The van der Waals surface area contributed by atoms with E-state index in [1.165, 1.54) is 0 Å². The highest BCUT2D eigenvalue weighted by molar-refractivity contribution is 5.70. The second-order valence-electron chi connectivity index (χ2n) is 7.33. The van der Waals surface area contributed by atoms with Crippen molar-refractivity contribution >= 4 is 5.97 Å². The normalized spacial score (nSPS) is 22.3. The Morgan fingerprint density at radius 3 is 2.67 bits per heavy atom. The number of nitrogens with zero attached hydrogens (tertiary/aromatic N) is 1. The molecule has 1 aromatic rings. The van der Waals surface area contributed by atoms with Gasteiger partial charge in [0, 0.05) is 24.8 Å². The minimum absolute atomic E-state index is 0.159. The summed E-state index contributed by atoms with van der Waals surface area (Å²) in [4.78, 5) is 15.3. The summed E-state index contributed by atoms with van der Waals surface area (Å²) in [6, 6.07) is 4.39. The van der Waals surface area contributed by atoms with Crippen molar-refractivity contribution < 1.29 is 14.6 Å². The van der Waals surface area contributed by atoms with Gasteiger partial charge < -0.3 is 15.2 Å². The summed E-state index contributed by atoms with van der Waals surface area (Å²) >= 11 is 0. The molecule has 5 heteroatoms. The third kappa shape index (κ3) is 6.11. The molecule has 24 heavy (non-hydrogen) atoms. The van der Waals surface area contributed by atoms with Crippen LogP contribution in [-0.4, -0.2) is 28.2 Å².